The molecule has 6 heteroatoms. The molecule has 0 aromatic heterocycles. The molecule has 0 radical (unpaired) electrons. The van der Waals surface area contributed by atoms with E-state index in [0.29, 0.717) is 19.3 Å². The van der Waals surface area contributed by atoms with Crippen LogP contribution < -0.4 is 5.32 Å². The van der Waals surface area contributed by atoms with Crippen molar-refractivity contribution >= 4 is 11.9 Å². The summed E-state index contributed by atoms with van der Waals surface area (Å²) in [5, 5.41) is 23.9. The zero-order valence-corrected chi connectivity index (χ0v) is 43.3. The van der Waals surface area contributed by atoms with Crippen LogP contribution in [0.2, 0.25) is 0 Å². The summed E-state index contributed by atoms with van der Waals surface area (Å²) in [6.45, 7) is 6.33. The zero-order valence-electron chi connectivity index (χ0n) is 43.3. The van der Waals surface area contributed by atoms with Gasteiger partial charge in [-0.05, 0) is 83.5 Å². The van der Waals surface area contributed by atoms with Crippen molar-refractivity contribution in [2.24, 2.45) is 0 Å². The molecule has 0 spiro atoms. The van der Waals surface area contributed by atoms with E-state index in [4.69, 9.17) is 4.74 Å². The highest BCUT2D eigenvalue weighted by molar-refractivity contribution is 5.77. The topological polar surface area (TPSA) is 95.9 Å². The fourth-order valence-corrected chi connectivity index (χ4v) is 8.10. The highest BCUT2D eigenvalue weighted by Gasteiger charge is 2.24. The lowest BCUT2D eigenvalue weighted by Crippen LogP contribution is -2.46. The average Bonchev–Trinajstić information content (AvgIpc) is 3.31. The lowest BCUT2D eigenvalue weighted by atomic mass is 10.0. The molecule has 0 aromatic rings. The Morgan fingerprint density at radius 2 is 0.879 bits per heavy atom. The van der Waals surface area contributed by atoms with Gasteiger partial charge in [0.25, 0.3) is 0 Å². The summed E-state index contributed by atoms with van der Waals surface area (Å²) in [4.78, 5) is 26.2. The Kier molecular flexibility index (Phi) is 50.6. The monoisotopic (exact) mass is 920 g/mol. The van der Waals surface area contributed by atoms with E-state index in [9.17, 15) is 19.8 Å². The molecule has 0 aliphatic rings. The van der Waals surface area contributed by atoms with Crippen molar-refractivity contribution in [3.8, 4) is 0 Å². The molecule has 3 N–H and O–H groups in total. The fraction of sp³-hybridized carbons (Fsp3) is 0.733. The molecule has 0 saturated heterocycles. The van der Waals surface area contributed by atoms with Crippen LogP contribution in [-0.2, 0) is 14.3 Å². The maximum atomic E-state index is 13.3. The van der Waals surface area contributed by atoms with Crippen LogP contribution in [0, 0.1) is 0 Å². The largest absolute Gasteiger partial charge is 0.462 e. The van der Waals surface area contributed by atoms with Crippen LogP contribution in [-0.4, -0.2) is 46.9 Å². The Morgan fingerprint density at radius 3 is 1.42 bits per heavy atom. The summed E-state index contributed by atoms with van der Waals surface area (Å²) >= 11 is 0. The first kappa shape index (κ1) is 63.0. The van der Waals surface area contributed by atoms with Gasteiger partial charge in [0.1, 0.15) is 6.10 Å². The first-order valence-corrected chi connectivity index (χ1v) is 27.9. The molecule has 0 aliphatic heterocycles. The Hall–Kier alpha value is -2.96. The van der Waals surface area contributed by atoms with Crippen LogP contribution in [0.15, 0.2) is 85.1 Å². The molecule has 380 valence electrons. The van der Waals surface area contributed by atoms with Crippen LogP contribution in [0.25, 0.3) is 0 Å². The van der Waals surface area contributed by atoms with Crippen molar-refractivity contribution in [1.29, 1.82) is 0 Å². The minimum Gasteiger partial charge on any atom is -0.462 e. The van der Waals surface area contributed by atoms with E-state index >= 15 is 0 Å². The minimum atomic E-state index is -0.806. The number of esters is 1. The van der Waals surface area contributed by atoms with Gasteiger partial charge in [-0.15, -0.1) is 0 Å². The lowest BCUT2D eigenvalue weighted by Gasteiger charge is -2.24. The molecule has 0 heterocycles. The highest BCUT2D eigenvalue weighted by Crippen LogP contribution is 2.18. The number of nitrogens with one attached hydrogen (secondary N) is 1. The van der Waals surface area contributed by atoms with Crippen molar-refractivity contribution in [1.82, 2.24) is 5.32 Å². The second-order valence-electron chi connectivity index (χ2n) is 18.7. The van der Waals surface area contributed by atoms with Crippen LogP contribution in [0.5, 0.6) is 0 Å². The van der Waals surface area contributed by atoms with Gasteiger partial charge in [-0.1, -0.05) is 247 Å². The van der Waals surface area contributed by atoms with E-state index in [2.05, 4.69) is 105 Å². The standard InChI is InChI=1S/C60H105NO5/c1-4-7-10-13-16-19-22-25-28-31-33-36-39-42-45-48-51-56(66-60(65)53-50-47-44-41-38-35-32-29-26-23-20-17-14-11-8-5-2)54-59(64)61-57(55-62)58(63)52-49-46-43-40-37-34-30-27-24-21-18-15-12-9-6-3/h8,11,16-17,19-20,22,25-26,28-29,31,33,36,56-58,62-63H,4-7,9-10,12-15,18,21,23-24,27,30,32,34-35,37-55H2,1-3H3,(H,61,64)/b11-8+,19-16+,20-17+,25-22+,29-26+,31-28+,36-33+. The molecule has 6 nitrogen and oxygen atoms in total. The number of aliphatic hydroxyl groups excluding tert-OH is 2. The summed E-state index contributed by atoms with van der Waals surface area (Å²) in [5.74, 6) is -0.527. The quantitative estimate of drug-likeness (QED) is 0.0245. The number of aliphatic hydroxyl groups is 2. The van der Waals surface area contributed by atoms with Crippen molar-refractivity contribution in [3.05, 3.63) is 85.1 Å². The molecular weight excluding hydrogens is 815 g/mol. The highest BCUT2D eigenvalue weighted by atomic mass is 16.5. The molecule has 66 heavy (non-hydrogen) atoms. The van der Waals surface area contributed by atoms with Gasteiger partial charge < -0.3 is 20.3 Å². The second kappa shape index (κ2) is 53.0. The van der Waals surface area contributed by atoms with Crippen LogP contribution in [0.1, 0.15) is 258 Å². The third kappa shape index (κ3) is 47.5. The van der Waals surface area contributed by atoms with Crippen LogP contribution in [0.4, 0.5) is 0 Å². The average molecular weight is 921 g/mol. The summed E-state index contributed by atoms with van der Waals surface area (Å²) in [6.07, 6.45) is 69.2. The number of unbranched alkanes of at least 4 members (excludes halogenated alkanes) is 26. The maximum Gasteiger partial charge on any atom is 0.306 e. The van der Waals surface area contributed by atoms with E-state index in [0.717, 1.165) is 96.3 Å². The Morgan fingerprint density at radius 1 is 0.470 bits per heavy atom. The van der Waals surface area contributed by atoms with Gasteiger partial charge in [0.15, 0.2) is 0 Å². The zero-order chi connectivity index (χ0) is 48.1. The predicted octanol–water partition coefficient (Wildman–Crippen LogP) is 17.1. The smallest absolute Gasteiger partial charge is 0.306 e. The van der Waals surface area contributed by atoms with E-state index in [1.807, 2.05) is 6.08 Å². The van der Waals surface area contributed by atoms with E-state index in [1.54, 1.807) is 0 Å². The summed E-state index contributed by atoms with van der Waals surface area (Å²) in [6, 6.07) is -0.722. The number of carbonyl (C=O) groups is 2. The third-order valence-electron chi connectivity index (χ3n) is 12.3. The minimum absolute atomic E-state index is 0.0428. The van der Waals surface area contributed by atoms with Gasteiger partial charge in [-0.2, -0.15) is 0 Å². The van der Waals surface area contributed by atoms with Crippen molar-refractivity contribution < 1.29 is 24.5 Å². The number of amides is 1. The third-order valence-corrected chi connectivity index (χ3v) is 12.3. The molecule has 0 fully saturated rings. The van der Waals surface area contributed by atoms with E-state index in [-0.39, 0.29) is 24.9 Å². The number of hydrogen-bond acceptors (Lipinski definition) is 5. The number of ether oxygens (including phenoxy) is 1. The molecule has 0 saturated carbocycles. The van der Waals surface area contributed by atoms with Gasteiger partial charge in [0.2, 0.25) is 5.91 Å². The molecule has 0 aliphatic carbocycles. The van der Waals surface area contributed by atoms with Gasteiger partial charge in [0, 0.05) is 6.42 Å². The Balaban J connectivity index is 4.68. The van der Waals surface area contributed by atoms with E-state index < -0.39 is 18.2 Å². The Labute approximate surface area is 408 Å². The number of hydrogen-bond donors (Lipinski definition) is 3. The second-order valence-corrected chi connectivity index (χ2v) is 18.7. The fourth-order valence-electron chi connectivity index (χ4n) is 8.10. The molecule has 3 atom stereocenters. The first-order valence-electron chi connectivity index (χ1n) is 27.9. The molecule has 3 unspecified atom stereocenters. The SMILES string of the molecule is CC/C=C/C/C=C/C/C=C/CCCCCCCCC(=O)OC(CCCCC/C=C/C=C/C=C/C=C/CCCCC)CC(=O)NC(CO)C(O)CCCCCCCCCCCCCCCCC. The first-order chi connectivity index (χ1) is 32.5. The van der Waals surface area contributed by atoms with Crippen molar-refractivity contribution in [2.75, 3.05) is 6.61 Å². The maximum absolute atomic E-state index is 13.3. The summed E-state index contributed by atoms with van der Waals surface area (Å²) < 4.78 is 5.93. The molecule has 1 amide bonds. The summed E-state index contributed by atoms with van der Waals surface area (Å²) in [5.41, 5.74) is 0. The summed E-state index contributed by atoms with van der Waals surface area (Å²) in [7, 11) is 0. The number of carbonyl (C=O) groups excluding carboxylic acids is 2. The van der Waals surface area contributed by atoms with Crippen molar-refractivity contribution in [2.45, 2.75) is 277 Å². The van der Waals surface area contributed by atoms with Gasteiger partial charge in [-0.25, -0.2) is 0 Å². The van der Waals surface area contributed by atoms with Gasteiger partial charge >= 0.3 is 5.97 Å². The normalized spacial score (nSPS) is 13.8. The van der Waals surface area contributed by atoms with Crippen LogP contribution in [0.3, 0.4) is 0 Å². The molecule has 0 bridgehead atoms. The molecular formula is C60H105NO5. The van der Waals surface area contributed by atoms with Gasteiger partial charge in [-0.3, -0.25) is 9.59 Å². The lowest BCUT2D eigenvalue weighted by molar-refractivity contribution is -0.151. The van der Waals surface area contributed by atoms with Crippen LogP contribution >= 0.6 is 0 Å². The van der Waals surface area contributed by atoms with Crippen molar-refractivity contribution in [3.63, 3.8) is 0 Å². The predicted molar refractivity (Wildman–Crippen MR) is 287 cm³/mol. The number of rotatable bonds is 49. The number of allylic oxidation sites excluding steroid dienone is 14. The van der Waals surface area contributed by atoms with E-state index in [1.165, 1.54) is 116 Å². The molecule has 0 aromatic carbocycles. The Bertz CT molecular complexity index is 1260. The molecule has 0 rings (SSSR count). The van der Waals surface area contributed by atoms with Gasteiger partial charge in [0.05, 0.1) is 25.2 Å².